The average molecular weight is 497 g/mol. The Morgan fingerprint density at radius 3 is 2.11 bits per heavy atom. The molecule has 5 nitrogen and oxygen atoms in total. The molecule has 1 amide bonds. The molecule has 0 fully saturated rings. The molecule has 0 aromatic heterocycles. The van der Waals surface area contributed by atoms with Crippen LogP contribution in [0.3, 0.4) is 0 Å². The van der Waals surface area contributed by atoms with E-state index in [0.717, 1.165) is 35.5 Å². The third kappa shape index (κ3) is 5.46. The number of aliphatic hydroxyl groups excluding tert-OH is 1. The van der Waals surface area contributed by atoms with Crippen LogP contribution >= 0.6 is 0 Å². The lowest BCUT2D eigenvalue weighted by Crippen LogP contribution is -2.31. The van der Waals surface area contributed by atoms with Crippen molar-refractivity contribution >= 4 is 23.1 Å². The van der Waals surface area contributed by atoms with Crippen LogP contribution in [0.4, 0.5) is 11.4 Å². The van der Waals surface area contributed by atoms with E-state index in [0.29, 0.717) is 18.0 Å². The Labute approximate surface area is 220 Å². The molecular formula is C32H36N2O3. The zero-order valence-corrected chi connectivity index (χ0v) is 22.1. The molecule has 1 aliphatic rings. The molecule has 5 heteroatoms. The van der Waals surface area contributed by atoms with Gasteiger partial charge in [-0.3, -0.25) is 14.5 Å². The quantitative estimate of drug-likeness (QED) is 0.337. The average Bonchev–Trinajstić information content (AvgIpc) is 3.19. The van der Waals surface area contributed by atoms with Crippen molar-refractivity contribution in [2.45, 2.75) is 52.5 Å². The van der Waals surface area contributed by atoms with Crippen LogP contribution in [0.25, 0.3) is 0 Å². The van der Waals surface area contributed by atoms with Gasteiger partial charge in [-0.05, 0) is 67.1 Å². The van der Waals surface area contributed by atoms with Gasteiger partial charge in [0.2, 0.25) is 0 Å². The number of carbonyl (C=O) groups excluding carboxylic acids is 2. The number of hydrogen-bond donors (Lipinski definition) is 1. The number of amides is 1. The number of nitrogens with zero attached hydrogens (tertiary/aromatic N) is 2. The summed E-state index contributed by atoms with van der Waals surface area (Å²) in [5.41, 5.74) is 4.91. The second kappa shape index (κ2) is 11.5. The molecule has 0 radical (unpaired) electrons. The fraction of sp³-hybridized carbons (Fsp3) is 0.312. The van der Waals surface area contributed by atoms with Gasteiger partial charge in [-0.25, -0.2) is 0 Å². The summed E-state index contributed by atoms with van der Waals surface area (Å²) in [6, 6.07) is 24.9. The van der Waals surface area contributed by atoms with E-state index in [-0.39, 0.29) is 17.8 Å². The number of ketones is 1. The van der Waals surface area contributed by atoms with Crippen LogP contribution in [0, 0.1) is 0 Å². The third-order valence-corrected chi connectivity index (χ3v) is 7.17. The summed E-state index contributed by atoms with van der Waals surface area (Å²) < 4.78 is 0. The molecule has 37 heavy (non-hydrogen) atoms. The monoisotopic (exact) mass is 496 g/mol. The molecule has 1 unspecified atom stereocenters. The molecule has 4 rings (SSSR count). The fourth-order valence-corrected chi connectivity index (χ4v) is 4.98. The van der Waals surface area contributed by atoms with Gasteiger partial charge in [-0.2, -0.15) is 0 Å². The Kier molecular flexibility index (Phi) is 8.12. The fourth-order valence-electron chi connectivity index (χ4n) is 4.98. The first-order valence-corrected chi connectivity index (χ1v) is 13.1. The van der Waals surface area contributed by atoms with Gasteiger partial charge in [-0.1, -0.05) is 68.4 Å². The first-order valence-electron chi connectivity index (χ1n) is 13.1. The highest BCUT2D eigenvalue weighted by atomic mass is 16.3. The molecule has 0 saturated heterocycles. The van der Waals surface area contributed by atoms with E-state index in [1.807, 2.05) is 78.9 Å². The number of carbonyl (C=O) groups is 2. The number of hydrogen-bond acceptors (Lipinski definition) is 4. The predicted octanol–water partition coefficient (Wildman–Crippen LogP) is 6.76. The van der Waals surface area contributed by atoms with Crippen molar-refractivity contribution in [3.63, 3.8) is 0 Å². The van der Waals surface area contributed by atoms with Crippen LogP contribution in [0.5, 0.6) is 0 Å². The van der Waals surface area contributed by atoms with Crippen molar-refractivity contribution in [2.24, 2.45) is 0 Å². The maximum atomic E-state index is 13.5. The molecule has 0 bridgehead atoms. The van der Waals surface area contributed by atoms with E-state index in [1.165, 1.54) is 0 Å². The van der Waals surface area contributed by atoms with Crippen LogP contribution in [-0.2, 0) is 16.0 Å². The smallest absolute Gasteiger partial charge is 0.294 e. The number of Topliss-reactive ketones (excluding diaryl/α,β-unsaturated/α-hetero) is 1. The molecule has 1 N–H and O–H groups in total. The van der Waals surface area contributed by atoms with Crippen molar-refractivity contribution in [3.05, 3.63) is 107 Å². The van der Waals surface area contributed by atoms with Crippen LogP contribution in [0.15, 0.2) is 90.2 Å². The zero-order valence-electron chi connectivity index (χ0n) is 22.1. The molecule has 0 aliphatic carbocycles. The minimum absolute atomic E-state index is 0.171. The van der Waals surface area contributed by atoms with Crippen molar-refractivity contribution < 1.29 is 14.7 Å². The Bertz CT molecular complexity index is 1260. The minimum atomic E-state index is -0.688. The number of rotatable bonds is 10. The third-order valence-electron chi connectivity index (χ3n) is 7.17. The topological polar surface area (TPSA) is 60.9 Å². The molecule has 1 aliphatic heterocycles. The number of aliphatic hydroxyl groups is 1. The normalized spacial score (nSPS) is 15.5. The first kappa shape index (κ1) is 26.2. The summed E-state index contributed by atoms with van der Waals surface area (Å²) in [6.07, 6.45) is 0.756. The Morgan fingerprint density at radius 1 is 0.919 bits per heavy atom. The van der Waals surface area contributed by atoms with Crippen molar-refractivity contribution in [1.82, 2.24) is 0 Å². The lowest BCUT2D eigenvalue weighted by Gasteiger charge is -2.28. The van der Waals surface area contributed by atoms with Gasteiger partial charge in [0.1, 0.15) is 0 Å². The molecule has 1 atom stereocenters. The van der Waals surface area contributed by atoms with Gasteiger partial charge in [-0.15, -0.1) is 0 Å². The summed E-state index contributed by atoms with van der Waals surface area (Å²) in [7, 11) is 0. The summed E-state index contributed by atoms with van der Waals surface area (Å²) >= 11 is 0. The molecule has 3 aromatic rings. The molecular weight excluding hydrogens is 460 g/mol. The van der Waals surface area contributed by atoms with Crippen LogP contribution < -0.4 is 9.80 Å². The first-order chi connectivity index (χ1) is 17.8. The Hall–Kier alpha value is -3.86. The van der Waals surface area contributed by atoms with Gasteiger partial charge in [0, 0.05) is 30.9 Å². The Morgan fingerprint density at radius 2 is 1.54 bits per heavy atom. The van der Waals surface area contributed by atoms with E-state index in [9.17, 15) is 14.7 Å². The van der Waals surface area contributed by atoms with Crippen molar-refractivity contribution in [3.8, 4) is 0 Å². The van der Waals surface area contributed by atoms with Crippen molar-refractivity contribution in [1.29, 1.82) is 0 Å². The van der Waals surface area contributed by atoms with Crippen LogP contribution in [0.1, 0.15) is 62.8 Å². The SMILES string of the molecule is CCN(CC)c1ccc(C2C(C(=O)CCc3ccccc3)=C(O)C(=O)N2c2ccc(C(C)C)cc2)cc1. The highest BCUT2D eigenvalue weighted by Gasteiger charge is 2.44. The Balaban J connectivity index is 1.72. The molecule has 0 saturated carbocycles. The number of benzene rings is 3. The van der Waals surface area contributed by atoms with Crippen LogP contribution in [0.2, 0.25) is 0 Å². The maximum absolute atomic E-state index is 13.5. The van der Waals surface area contributed by atoms with E-state index < -0.39 is 17.7 Å². The van der Waals surface area contributed by atoms with Crippen LogP contribution in [-0.4, -0.2) is 29.9 Å². The van der Waals surface area contributed by atoms with Gasteiger partial charge in [0.05, 0.1) is 11.6 Å². The van der Waals surface area contributed by atoms with Gasteiger partial charge in [0.25, 0.3) is 5.91 Å². The second-order valence-corrected chi connectivity index (χ2v) is 9.76. The standard InChI is InChI=1S/C32H36N2O3/c1-5-33(6-2)26-17-15-25(16-18-26)30-29(28(35)21-12-23-10-8-7-9-11-23)31(36)32(37)34(30)27-19-13-24(14-20-27)22(3)4/h7-11,13-20,22,30,36H,5-6,12,21H2,1-4H3. The van der Waals surface area contributed by atoms with E-state index >= 15 is 0 Å². The predicted molar refractivity (Wildman–Crippen MR) is 150 cm³/mol. The highest BCUT2D eigenvalue weighted by Crippen LogP contribution is 2.42. The molecule has 3 aromatic carbocycles. The minimum Gasteiger partial charge on any atom is -0.503 e. The van der Waals surface area contributed by atoms with Gasteiger partial charge in [0.15, 0.2) is 11.5 Å². The lowest BCUT2D eigenvalue weighted by atomic mass is 9.92. The molecule has 0 spiro atoms. The van der Waals surface area contributed by atoms with Gasteiger partial charge < -0.3 is 10.0 Å². The maximum Gasteiger partial charge on any atom is 0.294 e. The summed E-state index contributed by atoms with van der Waals surface area (Å²) in [5.74, 6) is -0.857. The van der Waals surface area contributed by atoms with Gasteiger partial charge >= 0.3 is 0 Å². The number of anilines is 2. The molecule has 192 valence electrons. The van der Waals surface area contributed by atoms with E-state index in [4.69, 9.17) is 0 Å². The summed E-state index contributed by atoms with van der Waals surface area (Å²) in [6.45, 7) is 10.2. The number of aryl methyl sites for hydroxylation is 1. The zero-order chi connectivity index (χ0) is 26.5. The lowest BCUT2D eigenvalue weighted by molar-refractivity contribution is -0.118. The van der Waals surface area contributed by atoms with Crippen molar-refractivity contribution in [2.75, 3.05) is 22.9 Å². The van der Waals surface area contributed by atoms with E-state index in [1.54, 1.807) is 4.90 Å². The largest absolute Gasteiger partial charge is 0.503 e. The summed E-state index contributed by atoms with van der Waals surface area (Å²) in [5, 5.41) is 11.0. The highest BCUT2D eigenvalue weighted by molar-refractivity contribution is 6.16. The summed E-state index contributed by atoms with van der Waals surface area (Å²) in [4.78, 5) is 30.8. The molecule has 1 heterocycles. The van der Waals surface area contributed by atoms with E-state index in [2.05, 4.69) is 32.6 Å². The second-order valence-electron chi connectivity index (χ2n) is 9.76.